The maximum absolute atomic E-state index is 12.0. The largest absolute Gasteiger partial charge is 0.311 e. The van der Waals surface area contributed by atoms with Crippen LogP contribution in [0.3, 0.4) is 0 Å². The van der Waals surface area contributed by atoms with Gasteiger partial charge in [0.1, 0.15) is 0 Å². The Morgan fingerprint density at radius 2 is 2.10 bits per heavy atom. The van der Waals surface area contributed by atoms with E-state index in [1.165, 1.54) is 0 Å². The Kier molecular flexibility index (Phi) is 4.69. The first kappa shape index (κ1) is 16.1. The number of hydrogen-bond donors (Lipinski definition) is 0. The highest BCUT2D eigenvalue weighted by Gasteiger charge is 2.34. The number of rotatable bonds is 3. The Hall–Kier alpha value is -0.300. The van der Waals surface area contributed by atoms with Gasteiger partial charge < -0.3 is 4.90 Å². The average Bonchev–Trinajstić information content (AvgIpc) is 2.62. The molecule has 1 atom stereocenters. The number of halogens is 3. The molecule has 0 aliphatic carbocycles. The summed E-state index contributed by atoms with van der Waals surface area (Å²) in [7, 11) is 1.64. The molecule has 20 heavy (non-hydrogen) atoms. The van der Waals surface area contributed by atoms with Gasteiger partial charge in [-0.05, 0) is 40.5 Å². The molecule has 0 spiro atoms. The number of anilines is 1. The lowest BCUT2D eigenvalue weighted by molar-refractivity contribution is -0.117. The van der Waals surface area contributed by atoms with Crippen LogP contribution < -0.4 is 4.90 Å². The van der Waals surface area contributed by atoms with E-state index in [0.29, 0.717) is 17.3 Å². The van der Waals surface area contributed by atoms with Gasteiger partial charge in [-0.1, -0.05) is 11.6 Å². The van der Waals surface area contributed by atoms with E-state index in [0.717, 1.165) is 10.0 Å². The molecule has 1 aromatic carbocycles. The predicted molar refractivity (Wildman–Crippen MR) is 84.0 cm³/mol. The summed E-state index contributed by atoms with van der Waals surface area (Å²) in [6.45, 7) is 2.19. The van der Waals surface area contributed by atoms with Crippen molar-refractivity contribution in [3.8, 4) is 0 Å². The molecule has 0 radical (unpaired) electrons. The van der Waals surface area contributed by atoms with Crippen LogP contribution in [0, 0.1) is 12.8 Å². The molecule has 1 saturated heterocycles. The number of carbonyl (C=O) groups excluding carboxylic acids is 1. The summed E-state index contributed by atoms with van der Waals surface area (Å²) in [4.78, 5) is 13.6. The van der Waals surface area contributed by atoms with Crippen molar-refractivity contribution in [2.75, 3.05) is 17.2 Å². The number of benzene rings is 1. The molecule has 0 bridgehead atoms. The first-order valence-corrected chi connectivity index (χ1v) is 9.50. The van der Waals surface area contributed by atoms with Crippen LogP contribution in [0.15, 0.2) is 16.6 Å². The maximum Gasteiger partial charge on any atom is 0.232 e. The van der Waals surface area contributed by atoms with Gasteiger partial charge in [-0.2, -0.15) is 0 Å². The lowest BCUT2D eigenvalue weighted by Crippen LogP contribution is -2.25. The maximum atomic E-state index is 12.0. The minimum absolute atomic E-state index is 0.129. The third kappa shape index (κ3) is 3.67. The van der Waals surface area contributed by atoms with E-state index in [-0.39, 0.29) is 24.0 Å². The number of carbonyl (C=O) groups is 1. The fourth-order valence-electron chi connectivity index (χ4n) is 2.25. The summed E-state index contributed by atoms with van der Waals surface area (Å²) < 4.78 is 23.0. The first-order valence-electron chi connectivity index (χ1n) is 5.85. The van der Waals surface area contributed by atoms with E-state index in [2.05, 4.69) is 15.9 Å². The van der Waals surface area contributed by atoms with Crippen LogP contribution in [-0.2, 0) is 13.8 Å². The summed E-state index contributed by atoms with van der Waals surface area (Å²) in [6.07, 6.45) is 0.171. The van der Waals surface area contributed by atoms with Gasteiger partial charge in [0.2, 0.25) is 15.0 Å². The number of amides is 1. The molecule has 0 aromatic heterocycles. The molecule has 2 rings (SSSR count). The molecule has 0 saturated carbocycles. The number of nitrogens with zero attached hydrogens (tertiary/aromatic N) is 1. The summed E-state index contributed by atoms with van der Waals surface area (Å²) in [5.41, 5.74) is 1.55. The standard InChI is InChI=1S/C12H12BrCl2NO3S/c1-7-2-9(13)11(4-10(7)14)16-5-8(3-12(16)17)6-20(15,18)19/h2,4,8H,3,5-6H2,1H3. The fourth-order valence-corrected chi connectivity index (χ4v) is 4.40. The van der Waals surface area contributed by atoms with Crippen molar-refractivity contribution in [1.29, 1.82) is 0 Å². The third-order valence-electron chi connectivity index (χ3n) is 3.16. The summed E-state index contributed by atoms with van der Waals surface area (Å²) in [5.74, 6) is -0.624. The van der Waals surface area contributed by atoms with Crippen LogP contribution >= 0.6 is 38.2 Å². The number of aryl methyl sites for hydroxylation is 1. The van der Waals surface area contributed by atoms with Gasteiger partial charge in [0, 0.05) is 39.1 Å². The summed E-state index contributed by atoms with van der Waals surface area (Å²) >= 11 is 9.48. The second-order valence-electron chi connectivity index (χ2n) is 4.83. The highest BCUT2D eigenvalue weighted by Crippen LogP contribution is 2.35. The SMILES string of the molecule is Cc1cc(Br)c(N2CC(CS(=O)(=O)Cl)CC2=O)cc1Cl. The molecule has 1 amide bonds. The van der Waals surface area contributed by atoms with Crippen LogP contribution in [0.2, 0.25) is 5.02 Å². The van der Waals surface area contributed by atoms with E-state index in [4.69, 9.17) is 22.3 Å². The highest BCUT2D eigenvalue weighted by atomic mass is 79.9. The third-order valence-corrected chi connectivity index (χ3v) is 5.45. The minimum Gasteiger partial charge on any atom is -0.311 e. The Balaban J connectivity index is 2.26. The van der Waals surface area contributed by atoms with Gasteiger partial charge in [-0.3, -0.25) is 4.79 Å². The minimum atomic E-state index is -3.61. The molecule has 4 nitrogen and oxygen atoms in total. The molecule has 8 heteroatoms. The molecular formula is C12H12BrCl2NO3S. The predicted octanol–water partition coefficient (Wildman–Crippen LogP) is 3.33. The normalized spacial score (nSPS) is 19.7. The van der Waals surface area contributed by atoms with Crippen LogP contribution in [0.4, 0.5) is 5.69 Å². The first-order chi connectivity index (χ1) is 9.17. The second-order valence-corrected chi connectivity index (χ2v) is 8.92. The molecule has 1 unspecified atom stereocenters. The van der Waals surface area contributed by atoms with E-state index < -0.39 is 9.05 Å². The topological polar surface area (TPSA) is 54.5 Å². The van der Waals surface area contributed by atoms with Crippen molar-refractivity contribution in [3.63, 3.8) is 0 Å². The van der Waals surface area contributed by atoms with Crippen LogP contribution in [0.5, 0.6) is 0 Å². The Labute approximate surface area is 135 Å². The zero-order valence-electron chi connectivity index (χ0n) is 10.6. The van der Waals surface area contributed by atoms with Gasteiger partial charge in [0.05, 0.1) is 11.4 Å². The average molecular weight is 401 g/mol. The van der Waals surface area contributed by atoms with Crippen molar-refractivity contribution in [2.24, 2.45) is 5.92 Å². The summed E-state index contributed by atoms with van der Waals surface area (Å²) in [5, 5.41) is 0.560. The van der Waals surface area contributed by atoms with E-state index in [1.54, 1.807) is 11.0 Å². The monoisotopic (exact) mass is 399 g/mol. The van der Waals surface area contributed by atoms with E-state index >= 15 is 0 Å². The van der Waals surface area contributed by atoms with Crippen LogP contribution in [-0.4, -0.2) is 26.6 Å². The molecule has 1 heterocycles. The molecule has 110 valence electrons. The van der Waals surface area contributed by atoms with Crippen molar-refractivity contribution < 1.29 is 13.2 Å². The van der Waals surface area contributed by atoms with Gasteiger partial charge in [0.15, 0.2) is 0 Å². The molecule has 1 aromatic rings. The van der Waals surface area contributed by atoms with Crippen molar-refractivity contribution in [3.05, 3.63) is 27.2 Å². The quantitative estimate of drug-likeness (QED) is 0.731. The Bertz CT molecular complexity index is 663. The second kappa shape index (κ2) is 5.83. The smallest absolute Gasteiger partial charge is 0.232 e. The molecule has 1 aliphatic rings. The van der Waals surface area contributed by atoms with Gasteiger partial charge in [0.25, 0.3) is 0 Å². The van der Waals surface area contributed by atoms with Gasteiger partial charge in [-0.15, -0.1) is 0 Å². The van der Waals surface area contributed by atoms with Crippen molar-refractivity contribution in [1.82, 2.24) is 0 Å². The lowest BCUT2D eigenvalue weighted by Gasteiger charge is -2.19. The Morgan fingerprint density at radius 1 is 1.45 bits per heavy atom. The lowest BCUT2D eigenvalue weighted by atomic mass is 10.1. The van der Waals surface area contributed by atoms with Crippen LogP contribution in [0.25, 0.3) is 0 Å². The molecular weight excluding hydrogens is 389 g/mol. The summed E-state index contributed by atoms with van der Waals surface area (Å²) in [6, 6.07) is 3.53. The van der Waals surface area contributed by atoms with Gasteiger partial charge >= 0.3 is 0 Å². The van der Waals surface area contributed by atoms with Crippen molar-refractivity contribution >= 4 is 58.9 Å². The van der Waals surface area contributed by atoms with Crippen LogP contribution in [0.1, 0.15) is 12.0 Å². The van der Waals surface area contributed by atoms with E-state index in [9.17, 15) is 13.2 Å². The van der Waals surface area contributed by atoms with Crippen molar-refractivity contribution in [2.45, 2.75) is 13.3 Å². The zero-order valence-corrected chi connectivity index (χ0v) is 14.5. The van der Waals surface area contributed by atoms with E-state index in [1.807, 2.05) is 13.0 Å². The molecule has 0 N–H and O–H groups in total. The Morgan fingerprint density at radius 3 is 2.70 bits per heavy atom. The van der Waals surface area contributed by atoms with Gasteiger partial charge in [-0.25, -0.2) is 8.42 Å². The molecule has 1 aliphatic heterocycles. The fraction of sp³-hybridized carbons (Fsp3) is 0.417. The zero-order chi connectivity index (χ0) is 15.1. The number of hydrogen-bond acceptors (Lipinski definition) is 3. The highest BCUT2D eigenvalue weighted by molar-refractivity contribution is 9.10. The molecule has 1 fully saturated rings.